The van der Waals surface area contributed by atoms with Crippen LogP contribution in [0.2, 0.25) is 0 Å². The van der Waals surface area contributed by atoms with Crippen molar-refractivity contribution in [2.45, 2.75) is 33.0 Å². The Kier molecular flexibility index (Phi) is 6.14. The molecule has 0 N–H and O–H groups in total. The predicted molar refractivity (Wildman–Crippen MR) is 112 cm³/mol. The first-order valence-corrected chi connectivity index (χ1v) is 10.9. The molecule has 6 nitrogen and oxygen atoms in total. The van der Waals surface area contributed by atoms with Crippen molar-refractivity contribution in [2.75, 3.05) is 26.2 Å². The van der Waals surface area contributed by atoms with Crippen LogP contribution in [0, 0.1) is 5.92 Å². The maximum atomic E-state index is 4.43. The smallest absolute Gasteiger partial charge is 0.169 e. The van der Waals surface area contributed by atoms with Gasteiger partial charge in [-0.25, -0.2) is 4.68 Å². The standard InChI is InChI=1S/C21H28N6S/c1-17(2)20(21-22-23-24-27(21)16-19-9-6-14-28-19)26-12-10-25(11-13-26)15-18-7-4-3-5-8-18/h3-9,14,17,20H,10-13,15-16H2,1-2H3/t20-/m0/s1. The van der Waals surface area contributed by atoms with Crippen molar-refractivity contribution in [3.63, 3.8) is 0 Å². The molecule has 1 fully saturated rings. The van der Waals surface area contributed by atoms with E-state index in [2.05, 4.69) is 87.0 Å². The van der Waals surface area contributed by atoms with Gasteiger partial charge in [0.25, 0.3) is 0 Å². The summed E-state index contributed by atoms with van der Waals surface area (Å²) in [5, 5.41) is 14.8. The van der Waals surface area contributed by atoms with Gasteiger partial charge in [-0.2, -0.15) is 0 Å². The third-order valence-corrected chi connectivity index (χ3v) is 6.25. The van der Waals surface area contributed by atoms with Crippen LogP contribution in [0.4, 0.5) is 0 Å². The molecule has 0 aliphatic carbocycles. The SMILES string of the molecule is CC(C)[C@@H](c1nnnn1Cc1cccs1)N1CCN(Cc2ccccc2)CC1. The highest BCUT2D eigenvalue weighted by Crippen LogP contribution is 2.28. The lowest BCUT2D eigenvalue weighted by atomic mass is 10.0. The van der Waals surface area contributed by atoms with E-state index >= 15 is 0 Å². The zero-order valence-corrected chi connectivity index (χ0v) is 17.4. The molecule has 0 radical (unpaired) electrons. The lowest BCUT2D eigenvalue weighted by molar-refractivity contribution is 0.0664. The van der Waals surface area contributed by atoms with E-state index in [1.165, 1.54) is 10.4 Å². The molecule has 1 saturated heterocycles. The second-order valence-electron chi connectivity index (χ2n) is 7.76. The van der Waals surface area contributed by atoms with Crippen LogP contribution < -0.4 is 0 Å². The number of hydrogen-bond donors (Lipinski definition) is 0. The largest absolute Gasteiger partial charge is 0.297 e. The Bertz CT molecular complexity index is 837. The Morgan fingerprint density at radius 2 is 1.75 bits per heavy atom. The number of hydrogen-bond acceptors (Lipinski definition) is 6. The zero-order chi connectivity index (χ0) is 19.3. The highest BCUT2D eigenvalue weighted by molar-refractivity contribution is 7.09. The summed E-state index contributed by atoms with van der Waals surface area (Å²) in [6, 6.07) is 15.2. The minimum atomic E-state index is 0.244. The molecule has 0 bridgehead atoms. The van der Waals surface area contributed by atoms with Gasteiger partial charge in [-0.15, -0.1) is 16.4 Å². The zero-order valence-electron chi connectivity index (χ0n) is 16.6. The second kappa shape index (κ2) is 8.94. The Morgan fingerprint density at radius 1 is 0.964 bits per heavy atom. The maximum absolute atomic E-state index is 4.43. The molecule has 7 heteroatoms. The number of nitrogens with zero attached hydrogens (tertiary/aromatic N) is 6. The first kappa shape index (κ1) is 19.2. The average Bonchev–Trinajstić information content (AvgIpc) is 3.37. The van der Waals surface area contributed by atoms with Crippen LogP contribution in [0.5, 0.6) is 0 Å². The molecule has 28 heavy (non-hydrogen) atoms. The van der Waals surface area contributed by atoms with E-state index in [0.717, 1.165) is 45.1 Å². The lowest BCUT2D eigenvalue weighted by Crippen LogP contribution is -2.48. The van der Waals surface area contributed by atoms with Gasteiger partial charge in [-0.1, -0.05) is 50.2 Å². The molecule has 3 heterocycles. The molecule has 3 aromatic rings. The van der Waals surface area contributed by atoms with Crippen LogP contribution >= 0.6 is 11.3 Å². The van der Waals surface area contributed by atoms with Crippen LogP contribution in [0.1, 0.15) is 36.2 Å². The number of benzene rings is 1. The number of thiophene rings is 1. The highest BCUT2D eigenvalue weighted by atomic mass is 32.1. The van der Waals surface area contributed by atoms with E-state index in [4.69, 9.17) is 0 Å². The molecule has 4 rings (SSSR count). The predicted octanol–water partition coefficient (Wildman–Crippen LogP) is 3.30. The summed E-state index contributed by atoms with van der Waals surface area (Å²) in [5.41, 5.74) is 1.39. The van der Waals surface area contributed by atoms with Crippen molar-refractivity contribution in [3.05, 3.63) is 64.1 Å². The minimum absolute atomic E-state index is 0.244. The van der Waals surface area contributed by atoms with Crippen molar-refractivity contribution in [1.82, 2.24) is 30.0 Å². The lowest BCUT2D eigenvalue weighted by Gasteiger charge is -2.40. The quantitative estimate of drug-likeness (QED) is 0.613. The maximum Gasteiger partial charge on any atom is 0.169 e. The molecule has 148 valence electrons. The highest BCUT2D eigenvalue weighted by Gasteiger charge is 2.31. The monoisotopic (exact) mass is 396 g/mol. The second-order valence-corrected chi connectivity index (χ2v) is 8.79. The van der Waals surface area contributed by atoms with Crippen LogP contribution in [0.15, 0.2) is 47.8 Å². The van der Waals surface area contributed by atoms with Crippen LogP contribution in [-0.4, -0.2) is 56.2 Å². The first-order valence-electron chi connectivity index (χ1n) is 9.99. The summed E-state index contributed by atoms with van der Waals surface area (Å²) in [4.78, 5) is 6.38. The van der Waals surface area contributed by atoms with E-state index < -0.39 is 0 Å². The molecule has 0 amide bonds. The molecule has 1 aliphatic heterocycles. The van der Waals surface area contributed by atoms with Crippen molar-refractivity contribution in [1.29, 1.82) is 0 Å². The van der Waals surface area contributed by atoms with E-state index in [1.807, 2.05) is 4.68 Å². The number of piperazine rings is 1. The summed E-state index contributed by atoms with van der Waals surface area (Å²) in [7, 11) is 0. The van der Waals surface area contributed by atoms with Crippen molar-refractivity contribution < 1.29 is 0 Å². The van der Waals surface area contributed by atoms with E-state index in [-0.39, 0.29) is 6.04 Å². The first-order chi connectivity index (χ1) is 13.7. The number of aromatic nitrogens is 4. The third kappa shape index (κ3) is 4.48. The van der Waals surface area contributed by atoms with Crippen LogP contribution in [-0.2, 0) is 13.1 Å². The summed E-state index contributed by atoms with van der Waals surface area (Å²) in [6.07, 6.45) is 0. The number of rotatable bonds is 7. The topological polar surface area (TPSA) is 50.1 Å². The van der Waals surface area contributed by atoms with Crippen molar-refractivity contribution in [3.8, 4) is 0 Å². The summed E-state index contributed by atoms with van der Waals surface area (Å²) < 4.78 is 1.98. The minimum Gasteiger partial charge on any atom is -0.297 e. The van der Waals surface area contributed by atoms with Gasteiger partial charge < -0.3 is 0 Å². The summed E-state index contributed by atoms with van der Waals surface area (Å²) >= 11 is 1.75. The molecule has 1 aromatic carbocycles. The molecule has 0 unspecified atom stereocenters. The van der Waals surface area contributed by atoms with Gasteiger partial charge in [-0.05, 0) is 33.4 Å². The summed E-state index contributed by atoms with van der Waals surface area (Å²) in [6.45, 7) is 10.5. The van der Waals surface area contributed by atoms with Gasteiger partial charge >= 0.3 is 0 Å². The number of tetrazole rings is 1. The molecule has 1 atom stereocenters. The van der Waals surface area contributed by atoms with Gasteiger partial charge in [0.2, 0.25) is 0 Å². The average molecular weight is 397 g/mol. The normalized spacial score (nSPS) is 17.2. The molecular weight excluding hydrogens is 368 g/mol. The molecule has 1 aliphatic rings. The molecule has 0 spiro atoms. The van der Waals surface area contributed by atoms with Gasteiger partial charge in [0.1, 0.15) is 0 Å². The summed E-state index contributed by atoms with van der Waals surface area (Å²) in [5.74, 6) is 1.44. The van der Waals surface area contributed by atoms with E-state index in [1.54, 1.807) is 11.3 Å². The molecule has 0 saturated carbocycles. The fourth-order valence-corrected chi connectivity index (χ4v) is 4.70. The fraction of sp³-hybridized carbons (Fsp3) is 0.476. The Labute approximate surface area is 170 Å². The fourth-order valence-electron chi connectivity index (χ4n) is 4.01. The van der Waals surface area contributed by atoms with Gasteiger partial charge in [0.15, 0.2) is 5.82 Å². The Balaban J connectivity index is 1.43. The van der Waals surface area contributed by atoms with Gasteiger partial charge in [0.05, 0.1) is 12.6 Å². The third-order valence-electron chi connectivity index (χ3n) is 5.39. The van der Waals surface area contributed by atoms with E-state index in [9.17, 15) is 0 Å². The molecular formula is C21H28N6S. The van der Waals surface area contributed by atoms with Crippen LogP contribution in [0.3, 0.4) is 0 Å². The van der Waals surface area contributed by atoms with Crippen LogP contribution in [0.25, 0.3) is 0 Å². The Hall–Kier alpha value is -2.09. The Morgan fingerprint density at radius 3 is 2.43 bits per heavy atom. The van der Waals surface area contributed by atoms with E-state index in [0.29, 0.717) is 5.92 Å². The molecule has 2 aromatic heterocycles. The van der Waals surface area contributed by atoms with Crippen molar-refractivity contribution >= 4 is 11.3 Å². The van der Waals surface area contributed by atoms with Gasteiger partial charge in [-0.3, -0.25) is 9.80 Å². The van der Waals surface area contributed by atoms with Gasteiger partial charge in [0, 0.05) is 37.6 Å². The van der Waals surface area contributed by atoms with Crippen molar-refractivity contribution in [2.24, 2.45) is 5.92 Å².